The molecule has 2 rings (SSSR count). The quantitative estimate of drug-likeness (QED) is 0.859. The van der Waals surface area contributed by atoms with Gasteiger partial charge in [0, 0.05) is 23.2 Å². The fraction of sp³-hybridized carbons (Fsp3) is 0.267. The molecule has 2 aromatic rings. The normalized spacial score (nSPS) is 11.9. The van der Waals surface area contributed by atoms with E-state index in [0.717, 1.165) is 22.4 Å². The first kappa shape index (κ1) is 16.0. The van der Waals surface area contributed by atoms with Crippen molar-refractivity contribution in [3.05, 3.63) is 67.7 Å². The molecule has 0 aliphatic carbocycles. The van der Waals surface area contributed by atoms with Gasteiger partial charge in [-0.2, -0.15) is 0 Å². The summed E-state index contributed by atoms with van der Waals surface area (Å²) < 4.78 is 0.976. The van der Waals surface area contributed by atoms with Crippen molar-refractivity contribution < 1.29 is 4.79 Å². The highest BCUT2D eigenvalue weighted by Crippen LogP contribution is 2.12. The number of benzene rings is 1. The summed E-state index contributed by atoms with van der Waals surface area (Å²) in [5.41, 5.74) is 0.141. The highest BCUT2D eigenvalue weighted by molar-refractivity contribution is 6.30. The predicted molar refractivity (Wildman–Crippen MR) is 84.1 cm³/mol. The van der Waals surface area contributed by atoms with Crippen molar-refractivity contribution in [3.8, 4) is 0 Å². The van der Waals surface area contributed by atoms with E-state index in [9.17, 15) is 14.4 Å². The Kier molecular flexibility index (Phi) is 5.16. The van der Waals surface area contributed by atoms with Crippen molar-refractivity contribution in [1.82, 2.24) is 15.1 Å². The van der Waals surface area contributed by atoms with Gasteiger partial charge in [-0.3, -0.25) is 19.5 Å². The maximum absolute atomic E-state index is 11.9. The number of hydrogen-bond donors (Lipinski definition) is 2. The predicted octanol–water partition coefficient (Wildman–Crippen LogP) is 0.937. The molecule has 1 heterocycles. The average Bonchev–Trinajstić information content (AvgIpc) is 2.42. The smallest absolute Gasteiger partial charge is 0.265 e. The van der Waals surface area contributed by atoms with Gasteiger partial charge in [0.25, 0.3) is 11.1 Å². The third-order valence-electron chi connectivity index (χ3n) is 3.03. The molecule has 1 unspecified atom stereocenters. The number of carbonyl (C=O) groups is 1. The minimum absolute atomic E-state index is 0.128. The lowest BCUT2D eigenvalue weighted by Crippen LogP contribution is -2.40. The third kappa shape index (κ3) is 4.60. The summed E-state index contributed by atoms with van der Waals surface area (Å²) in [6, 6.07) is 9.52. The Morgan fingerprint density at radius 2 is 2.09 bits per heavy atom. The molecule has 0 fully saturated rings. The Labute approximate surface area is 131 Å². The highest BCUT2D eigenvalue weighted by Gasteiger charge is 2.10. The number of nitrogens with zero attached hydrogens (tertiary/aromatic N) is 1. The number of nitrogens with one attached hydrogen (secondary N) is 2. The molecule has 1 aromatic heterocycles. The van der Waals surface area contributed by atoms with Gasteiger partial charge in [0.1, 0.15) is 6.54 Å². The Hall–Kier alpha value is -2.34. The molecule has 0 radical (unpaired) electrons. The number of hydrogen-bond acceptors (Lipinski definition) is 3. The third-order valence-corrected chi connectivity index (χ3v) is 3.26. The van der Waals surface area contributed by atoms with Gasteiger partial charge in [-0.1, -0.05) is 23.7 Å². The van der Waals surface area contributed by atoms with Gasteiger partial charge in [0.15, 0.2) is 0 Å². The molecular formula is C15H16ClN3O3. The summed E-state index contributed by atoms with van der Waals surface area (Å²) in [5, 5.41) is 5.73. The molecule has 0 aliphatic rings. The summed E-state index contributed by atoms with van der Waals surface area (Å²) in [6.45, 7) is 1.63. The lowest BCUT2D eigenvalue weighted by atomic mass is 10.1. The van der Waals surface area contributed by atoms with Crippen LogP contribution in [0, 0.1) is 0 Å². The SMILES string of the molecule is CC(Cc1cccc(Cl)c1)NC(=O)Cn1[nH]c(=O)ccc1=O. The van der Waals surface area contributed by atoms with E-state index in [1.165, 1.54) is 0 Å². The van der Waals surface area contributed by atoms with Crippen LogP contribution in [0.5, 0.6) is 0 Å². The van der Waals surface area contributed by atoms with E-state index in [1.54, 1.807) is 6.07 Å². The van der Waals surface area contributed by atoms with Gasteiger partial charge < -0.3 is 5.32 Å². The van der Waals surface area contributed by atoms with Crippen LogP contribution in [0.25, 0.3) is 0 Å². The molecular weight excluding hydrogens is 306 g/mol. The number of aromatic amines is 1. The fourth-order valence-electron chi connectivity index (χ4n) is 2.11. The van der Waals surface area contributed by atoms with Gasteiger partial charge in [0.05, 0.1) is 0 Å². The van der Waals surface area contributed by atoms with Crippen LogP contribution < -0.4 is 16.4 Å². The van der Waals surface area contributed by atoms with Crippen LogP contribution in [-0.2, 0) is 17.8 Å². The van der Waals surface area contributed by atoms with Crippen molar-refractivity contribution in [2.45, 2.75) is 25.9 Å². The topological polar surface area (TPSA) is 84.0 Å². The average molecular weight is 322 g/mol. The fourth-order valence-corrected chi connectivity index (χ4v) is 2.33. The minimum Gasteiger partial charge on any atom is -0.352 e. The number of H-pyrrole nitrogens is 1. The lowest BCUT2D eigenvalue weighted by Gasteiger charge is -2.14. The molecule has 0 saturated carbocycles. The monoisotopic (exact) mass is 321 g/mol. The number of carbonyl (C=O) groups excluding carboxylic acids is 1. The van der Waals surface area contributed by atoms with Crippen molar-refractivity contribution in [2.75, 3.05) is 0 Å². The molecule has 0 aliphatic heterocycles. The Balaban J connectivity index is 1.95. The second-order valence-electron chi connectivity index (χ2n) is 5.04. The van der Waals surface area contributed by atoms with Crippen molar-refractivity contribution in [3.63, 3.8) is 0 Å². The molecule has 2 N–H and O–H groups in total. The maximum Gasteiger partial charge on any atom is 0.265 e. The molecule has 1 amide bonds. The molecule has 7 heteroatoms. The van der Waals surface area contributed by atoms with Crippen LogP contribution in [0.4, 0.5) is 0 Å². The zero-order valence-corrected chi connectivity index (χ0v) is 12.8. The summed E-state index contributed by atoms with van der Waals surface area (Å²) in [7, 11) is 0. The summed E-state index contributed by atoms with van der Waals surface area (Å²) >= 11 is 5.91. The van der Waals surface area contributed by atoms with E-state index in [1.807, 2.05) is 25.1 Å². The second-order valence-corrected chi connectivity index (χ2v) is 5.47. The number of aromatic nitrogens is 2. The zero-order chi connectivity index (χ0) is 16.1. The van der Waals surface area contributed by atoms with E-state index >= 15 is 0 Å². The number of halogens is 1. The first-order chi connectivity index (χ1) is 10.4. The van der Waals surface area contributed by atoms with Gasteiger partial charge in [0.2, 0.25) is 5.91 Å². The molecule has 0 saturated heterocycles. The van der Waals surface area contributed by atoms with Gasteiger partial charge in [-0.25, -0.2) is 4.68 Å². The van der Waals surface area contributed by atoms with Gasteiger partial charge in [-0.05, 0) is 31.0 Å². The van der Waals surface area contributed by atoms with E-state index in [-0.39, 0.29) is 18.5 Å². The standard InChI is InChI=1S/C15H16ClN3O3/c1-10(7-11-3-2-4-12(16)8-11)17-14(21)9-19-15(22)6-5-13(20)18-19/h2-6,8,10H,7,9H2,1H3,(H,17,21)(H,18,20). The molecule has 22 heavy (non-hydrogen) atoms. The Bertz CT molecular complexity index is 782. The van der Waals surface area contributed by atoms with Gasteiger partial charge in [-0.15, -0.1) is 0 Å². The summed E-state index contributed by atoms with van der Waals surface area (Å²) in [5.74, 6) is -0.349. The molecule has 1 atom stereocenters. The minimum atomic E-state index is -0.433. The van der Waals surface area contributed by atoms with Crippen LogP contribution >= 0.6 is 11.6 Å². The molecule has 1 aromatic carbocycles. The van der Waals surface area contributed by atoms with E-state index < -0.39 is 11.1 Å². The van der Waals surface area contributed by atoms with Gasteiger partial charge >= 0.3 is 0 Å². The van der Waals surface area contributed by atoms with E-state index in [0.29, 0.717) is 11.4 Å². The zero-order valence-electron chi connectivity index (χ0n) is 12.0. The molecule has 0 bridgehead atoms. The van der Waals surface area contributed by atoms with E-state index in [4.69, 9.17) is 11.6 Å². The van der Waals surface area contributed by atoms with Crippen LogP contribution in [0.2, 0.25) is 5.02 Å². The van der Waals surface area contributed by atoms with Crippen LogP contribution in [-0.4, -0.2) is 21.7 Å². The maximum atomic E-state index is 11.9. The first-order valence-corrected chi connectivity index (χ1v) is 7.16. The number of rotatable bonds is 5. The number of amides is 1. The second kappa shape index (κ2) is 7.09. The Morgan fingerprint density at radius 1 is 1.32 bits per heavy atom. The largest absolute Gasteiger partial charge is 0.352 e. The highest BCUT2D eigenvalue weighted by atomic mass is 35.5. The molecule has 0 spiro atoms. The summed E-state index contributed by atoms with van der Waals surface area (Å²) in [4.78, 5) is 34.6. The Morgan fingerprint density at radius 3 is 2.82 bits per heavy atom. The first-order valence-electron chi connectivity index (χ1n) is 6.78. The van der Waals surface area contributed by atoms with Crippen molar-refractivity contribution in [2.24, 2.45) is 0 Å². The van der Waals surface area contributed by atoms with Crippen molar-refractivity contribution >= 4 is 17.5 Å². The van der Waals surface area contributed by atoms with Crippen LogP contribution in [0.3, 0.4) is 0 Å². The van der Waals surface area contributed by atoms with Crippen molar-refractivity contribution in [1.29, 1.82) is 0 Å². The molecule has 6 nitrogen and oxygen atoms in total. The van der Waals surface area contributed by atoms with Crippen LogP contribution in [0.15, 0.2) is 46.0 Å². The molecule has 116 valence electrons. The van der Waals surface area contributed by atoms with Crippen LogP contribution in [0.1, 0.15) is 12.5 Å². The summed E-state index contributed by atoms with van der Waals surface area (Å²) in [6.07, 6.45) is 0.618. The lowest BCUT2D eigenvalue weighted by molar-refractivity contribution is -0.122. The van der Waals surface area contributed by atoms with E-state index in [2.05, 4.69) is 10.4 Å².